The Bertz CT molecular complexity index is 723. The normalized spacial score (nSPS) is 21.2. The number of hydrogen-bond donors (Lipinski definition) is 3. The molecule has 1 aliphatic heterocycles. The van der Waals surface area contributed by atoms with Gasteiger partial charge in [-0.1, -0.05) is 24.3 Å². The van der Waals surface area contributed by atoms with Crippen LogP contribution in [0.2, 0.25) is 0 Å². The second-order valence-electron chi connectivity index (χ2n) is 6.93. The summed E-state index contributed by atoms with van der Waals surface area (Å²) in [5.41, 5.74) is 3.15. The van der Waals surface area contributed by atoms with Crippen molar-refractivity contribution in [2.75, 3.05) is 23.7 Å². The summed E-state index contributed by atoms with van der Waals surface area (Å²) >= 11 is 0. The molecule has 4 nitrogen and oxygen atoms in total. The molecule has 24 heavy (non-hydrogen) atoms. The van der Waals surface area contributed by atoms with Crippen molar-refractivity contribution in [1.82, 2.24) is 5.32 Å². The molecular formula is C20H23N3O. The summed E-state index contributed by atoms with van der Waals surface area (Å²) in [4.78, 5) is 12.6. The second kappa shape index (κ2) is 6.29. The van der Waals surface area contributed by atoms with Crippen molar-refractivity contribution < 1.29 is 4.79 Å². The smallest absolute Gasteiger partial charge is 0.228 e. The molecule has 1 aliphatic carbocycles. The summed E-state index contributed by atoms with van der Waals surface area (Å²) in [5, 5.41) is 9.84. The number of piperidine rings is 1. The van der Waals surface area contributed by atoms with Crippen LogP contribution in [0.15, 0.2) is 54.6 Å². The molecule has 0 radical (unpaired) electrons. The van der Waals surface area contributed by atoms with Gasteiger partial charge in [0.15, 0.2) is 0 Å². The number of nitrogens with one attached hydrogen (secondary N) is 3. The summed E-state index contributed by atoms with van der Waals surface area (Å²) in [6.07, 6.45) is 3.30. The first kappa shape index (κ1) is 15.2. The van der Waals surface area contributed by atoms with E-state index in [-0.39, 0.29) is 17.2 Å². The van der Waals surface area contributed by atoms with Gasteiger partial charge in [0.05, 0.1) is 0 Å². The fourth-order valence-corrected chi connectivity index (χ4v) is 3.79. The lowest BCUT2D eigenvalue weighted by Crippen LogP contribution is -2.31. The number of anilines is 3. The van der Waals surface area contributed by atoms with Gasteiger partial charge in [0.1, 0.15) is 0 Å². The molecule has 3 N–H and O–H groups in total. The molecule has 2 aromatic carbocycles. The third-order valence-electron chi connectivity index (χ3n) is 5.30. The van der Waals surface area contributed by atoms with Crippen LogP contribution in [0.1, 0.15) is 19.3 Å². The van der Waals surface area contributed by atoms with Gasteiger partial charge in [-0.15, -0.1) is 0 Å². The molecule has 2 aliphatic rings. The van der Waals surface area contributed by atoms with Gasteiger partial charge in [-0.25, -0.2) is 0 Å². The van der Waals surface area contributed by atoms with Crippen molar-refractivity contribution in [3.05, 3.63) is 54.6 Å². The lowest BCUT2D eigenvalue weighted by Gasteiger charge is -2.23. The zero-order chi connectivity index (χ0) is 16.4. The van der Waals surface area contributed by atoms with Crippen molar-refractivity contribution >= 4 is 23.0 Å². The van der Waals surface area contributed by atoms with Crippen LogP contribution in [0.25, 0.3) is 0 Å². The van der Waals surface area contributed by atoms with Crippen LogP contribution >= 0.6 is 0 Å². The largest absolute Gasteiger partial charge is 0.355 e. The first-order valence-corrected chi connectivity index (χ1v) is 8.69. The first-order chi connectivity index (χ1) is 11.8. The van der Waals surface area contributed by atoms with Crippen LogP contribution in [-0.4, -0.2) is 19.0 Å². The summed E-state index contributed by atoms with van der Waals surface area (Å²) in [7, 11) is 0. The highest BCUT2D eigenvalue weighted by molar-refractivity contribution is 5.95. The topological polar surface area (TPSA) is 53.2 Å². The molecule has 1 saturated carbocycles. The fourth-order valence-electron chi connectivity index (χ4n) is 3.79. The van der Waals surface area contributed by atoms with Crippen LogP contribution in [0, 0.1) is 11.3 Å². The predicted octanol–water partition coefficient (Wildman–Crippen LogP) is 3.76. The van der Waals surface area contributed by atoms with Gasteiger partial charge >= 0.3 is 0 Å². The number of rotatable bonds is 4. The predicted molar refractivity (Wildman–Crippen MR) is 97.4 cm³/mol. The minimum Gasteiger partial charge on any atom is -0.355 e. The zero-order valence-corrected chi connectivity index (χ0v) is 13.7. The average molecular weight is 321 g/mol. The van der Waals surface area contributed by atoms with Gasteiger partial charge in [0.25, 0.3) is 0 Å². The van der Waals surface area contributed by atoms with E-state index in [9.17, 15) is 4.79 Å². The van der Waals surface area contributed by atoms with Gasteiger partial charge in [0.2, 0.25) is 5.91 Å². The van der Waals surface area contributed by atoms with Crippen LogP contribution in [0.4, 0.5) is 17.1 Å². The maximum absolute atomic E-state index is 12.6. The summed E-state index contributed by atoms with van der Waals surface area (Å²) in [5.74, 6) is 0.360. The van der Waals surface area contributed by atoms with Gasteiger partial charge in [-0.05, 0) is 68.1 Å². The molecule has 1 unspecified atom stereocenters. The van der Waals surface area contributed by atoms with Crippen LogP contribution in [0.3, 0.4) is 0 Å². The van der Waals surface area contributed by atoms with E-state index in [1.807, 2.05) is 54.6 Å². The molecule has 0 aromatic heterocycles. The molecule has 1 saturated heterocycles. The Balaban J connectivity index is 1.40. The number of hydrogen-bond acceptors (Lipinski definition) is 3. The molecule has 2 fully saturated rings. The molecule has 4 heteroatoms. The summed E-state index contributed by atoms with van der Waals surface area (Å²) in [6.45, 7) is 2.08. The Kier molecular flexibility index (Phi) is 3.98. The number of benzene rings is 2. The lowest BCUT2D eigenvalue weighted by atomic mass is 9.92. The molecule has 4 rings (SSSR count). The van der Waals surface area contributed by atoms with Crippen molar-refractivity contribution in [3.8, 4) is 0 Å². The third-order valence-corrected chi connectivity index (χ3v) is 5.30. The highest BCUT2D eigenvalue weighted by Crippen LogP contribution is 2.58. The van der Waals surface area contributed by atoms with Crippen LogP contribution < -0.4 is 16.0 Å². The van der Waals surface area contributed by atoms with E-state index in [2.05, 4.69) is 16.0 Å². The third kappa shape index (κ3) is 3.15. The molecular weight excluding hydrogens is 298 g/mol. The maximum atomic E-state index is 12.6. The lowest BCUT2D eigenvalue weighted by molar-refractivity contribution is -0.118. The Morgan fingerprint density at radius 1 is 0.958 bits per heavy atom. The van der Waals surface area contributed by atoms with E-state index in [1.165, 1.54) is 0 Å². The van der Waals surface area contributed by atoms with Crippen LogP contribution in [-0.2, 0) is 4.79 Å². The average Bonchev–Trinajstić information content (AvgIpc) is 3.30. The molecule has 1 spiro atoms. The number of para-hydroxylation sites is 1. The van der Waals surface area contributed by atoms with Crippen molar-refractivity contribution in [2.45, 2.75) is 19.3 Å². The molecule has 1 heterocycles. The van der Waals surface area contributed by atoms with E-state index in [0.29, 0.717) is 0 Å². The summed E-state index contributed by atoms with van der Waals surface area (Å²) in [6, 6.07) is 18.0. The summed E-state index contributed by atoms with van der Waals surface area (Å²) < 4.78 is 0. The second-order valence-corrected chi connectivity index (χ2v) is 6.93. The minimum absolute atomic E-state index is 0.175. The van der Waals surface area contributed by atoms with Crippen molar-refractivity contribution in [1.29, 1.82) is 0 Å². The van der Waals surface area contributed by atoms with Gasteiger partial charge in [0, 0.05) is 23.0 Å². The van der Waals surface area contributed by atoms with Crippen molar-refractivity contribution in [2.24, 2.45) is 11.3 Å². The van der Waals surface area contributed by atoms with E-state index >= 15 is 0 Å². The Morgan fingerprint density at radius 2 is 1.67 bits per heavy atom. The molecule has 1 atom stereocenters. The van der Waals surface area contributed by atoms with Gasteiger partial charge < -0.3 is 16.0 Å². The molecule has 2 aromatic rings. The Hall–Kier alpha value is -2.33. The van der Waals surface area contributed by atoms with Crippen molar-refractivity contribution in [3.63, 3.8) is 0 Å². The standard InChI is InChI=1S/C20H23N3O/c24-19(18-14-20(18)9-11-21-12-10-20)23-17-8-4-7-16(13-17)22-15-5-2-1-3-6-15/h1-8,13,18,21-22H,9-12,14H2,(H,23,24). The number of carbonyl (C=O) groups excluding carboxylic acids is 1. The zero-order valence-electron chi connectivity index (χ0n) is 13.7. The van der Waals surface area contributed by atoms with Gasteiger partial charge in [-0.2, -0.15) is 0 Å². The monoisotopic (exact) mass is 321 g/mol. The van der Waals surface area contributed by atoms with E-state index < -0.39 is 0 Å². The minimum atomic E-state index is 0.175. The SMILES string of the molecule is O=C(Nc1cccc(Nc2ccccc2)c1)C1CC12CCNCC2. The Morgan fingerprint density at radius 3 is 2.46 bits per heavy atom. The molecule has 124 valence electrons. The highest BCUT2D eigenvalue weighted by Gasteiger charge is 2.57. The molecule has 0 bridgehead atoms. The number of amides is 1. The first-order valence-electron chi connectivity index (χ1n) is 8.69. The number of carbonyl (C=O) groups is 1. The Labute approximate surface area is 142 Å². The van der Waals surface area contributed by atoms with Crippen LogP contribution in [0.5, 0.6) is 0 Å². The van der Waals surface area contributed by atoms with Gasteiger partial charge in [-0.3, -0.25) is 4.79 Å². The fraction of sp³-hybridized carbons (Fsp3) is 0.350. The highest BCUT2D eigenvalue weighted by atomic mass is 16.2. The van der Waals surface area contributed by atoms with E-state index in [0.717, 1.165) is 49.4 Å². The quantitative estimate of drug-likeness (QED) is 0.804. The van der Waals surface area contributed by atoms with E-state index in [1.54, 1.807) is 0 Å². The van der Waals surface area contributed by atoms with E-state index in [4.69, 9.17) is 0 Å². The maximum Gasteiger partial charge on any atom is 0.228 e. The molecule has 1 amide bonds.